The number of halogens is 2. The maximum atomic E-state index is 13.4. The Kier molecular flexibility index (Phi) is 4.32. The summed E-state index contributed by atoms with van der Waals surface area (Å²) in [5, 5.41) is 4.70. The van der Waals surface area contributed by atoms with Gasteiger partial charge in [-0.05, 0) is 38.3 Å². The third-order valence-corrected chi connectivity index (χ3v) is 5.50. The van der Waals surface area contributed by atoms with Gasteiger partial charge in [-0.2, -0.15) is 0 Å². The van der Waals surface area contributed by atoms with Gasteiger partial charge in [0, 0.05) is 54.1 Å². The first-order chi connectivity index (χ1) is 12.8. The summed E-state index contributed by atoms with van der Waals surface area (Å²) < 4.78 is 32.0. The fraction of sp³-hybridized carbons (Fsp3) is 0.450. The number of aromatic amines is 1. The molecule has 1 aliphatic rings. The van der Waals surface area contributed by atoms with Gasteiger partial charge in [-0.15, -0.1) is 0 Å². The van der Waals surface area contributed by atoms with Gasteiger partial charge in [0.05, 0.1) is 5.69 Å². The number of ketones is 1. The van der Waals surface area contributed by atoms with Crippen LogP contribution in [0.1, 0.15) is 58.6 Å². The van der Waals surface area contributed by atoms with Gasteiger partial charge >= 0.3 is 0 Å². The van der Waals surface area contributed by atoms with Crippen molar-refractivity contribution in [3.8, 4) is 0 Å². The SMILES string of the molecule is Cc1noc(C)c1Cc1cnc2[nH]cc(C(=O)C3CCC(F)(F)CC3)c2c1. The summed E-state index contributed by atoms with van der Waals surface area (Å²) in [6.45, 7) is 3.76. The van der Waals surface area contributed by atoms with Gasteiger partial charge in [0.15, 0.2) is 5.78 Å². The molecule has 1 fully saturated rings. The average Bonchev–Trinajstić information content (AvgIpc) is 3.19. The van der Waals surface area contributed by atoms with Gasteiger partial charge in [-0.1, -0.05) is 5.16 Å². The van der Waals surface area contributed by atoms with E-state index in [1.165, 1.54) is 0 Å². The maximum absolute atomic E-state index is 13.4. The predicted molar refractivity (Wildman–Crippen MR) is 96.1 cm³/mol. The molecule has 1 aliphatic carbocycles. The second-order valence-corrected chi connectivity index (χ2v) is 7.42. The molecule has 4 rings (SSSR count). The largest absolute Gasteiger partial charge is 0.361 e. The van der Waals surface area contributed by atoms with Gasteiger partial charge in [0.25, 0.3) is 0 Å². The van der Waals surface area contributed by atoms with E-state index in [4.69, 9.17) is 4.52 Å². The molecule has 0 radical (unpaired) electrons. The molecule has 1 N–H and O–H groups in total. The van der Waals surface area contributed by atoms with E-state index in [-0.39, 0.29) is 37.4 Å². The number of fused-ring (bicyclic) bond motifs is 1. The van der Waals surface area contributed by atoms with Crippen molar-refractivity contribution in [2.75, 3.05) is 0 Å². The molecule has 7 heteroatoms. The van der Waals surface area contributed by atoms with Crippen molar-refractivity contribution < 1.29 is 18.1 Å². The second kappa shape index (κ2) is 6.55. The molecule has 0 aliphatic heterocycles. The number of alkyl halides is 2. The number of rotatable bonds is 4. The molecule has 27 heavy (non-hydrogen) atoms. The minimum atomic E-state index is -2.64. The Labute approximate surface area is 155 Å². The number of carbonyl (C=O) groups excluding carboxylic acids is 1. The number of aryl methyl sites for hydroxylation is 2. The van der Waals surface area contributed by atoms with Crippen molar-refractivity contribution in [1.29, 1.82) is 0 Å². The molecule has 5 nitrogen and oxygen atoms in total. The molecule has 0 amide bonds. The number of nitrogens with zero attached hydrogens (tertiary/aromatic N) is 2. The standard InChI is InChI=1S/C20H21F2N3O2/c1-11-15(12(2)27-25-11)7-13-8-16-17(10-24-19(16)23-9-13)18(26)14-3-5-20(21,22)6-4-14/h8-10,14H,3-7H2,1-2H3,(H,23,24). The number of H-pyrrole nitrogens is 1. The zero-order valence-corrected chi connectivity index (χ0v) is 15.3. The van der Waals surface area contributed by atoms with Gasteiger partial charge in [-0.25, -0.2) is 13.8 Å². The molecule has 3 aromatic heterocycles. The van der Waals surface area contributed by atoms with E-state index in [0.29, 0.717) is 17.6 Å². The Bertz CT molecular complexity index is 976. The number of Topliss-reactive ketones (excluding diaryl/α,β-unsaturated/α-hetero) is 1. The first-order valence-electron chi connectivity index (χ1n) is 9.14. The zero-order valence-electron chi connectivity index (χ0n) is 15.3. The Morgan fingerprint density at radius 1 is 1.33 bits per heavy atom. The molecule has 0 unspecified atom stereocenters. The van der Waals surface area contributed by atoms with Crippen LogP contribution in [0.4, 0.5) is 8.78 Å². The highest BCUT2D eigenvalue weighted by atomic mass is 19.3. The lowest BCUT2D eigenvalue weighted by molar-refractivity contribution is -0.0424. The lowest BCUT2D eigenvalue weighted by atomic mass is 9.82. The van der Waals surface area contributed by atoms with Crippen LogP contribution < -0.4 is 0 Å². The highest BCUT2D eigenvalue weighted by Crippen LogP contribution is 2.38. The highest BCUT2D eigenvalue weighted by molar-refractivity contribution is 6.08. The van der Waals surface area contributed by atoms with Crippen molar-refractivity contribution in [3.05, 3.63) is 46.6 Å². The molecule has 0 atom stereocenters. The number of hydrogen-bond acceptors (Lipinski definition) is 4. The number of carbonyl (C=O) groups is 1. The van der Waals surface area contributed by atoms with Crippen LogP contribution in [0.2, 0.25) is 0 Å². The molecule has 0 bridgehead atoms. The monoisotopic (exact) mass is 373 g/mol. The summed E-state index contributed by atoms with van der Waals surface area (Å²) in [7, 11) is 0. The number of hydrogen-bond donors (Lipinski definition) is 1. The fourth-order valence-corrected chi connectivity index (χ4v) is 3.83. The van der Waals surface area contributed by atoms with Gasteiger partial charge in [-0.3, -0.25) is 4.79 Å². The van der Waals surface area contributed by atoms with E-state index in [0.717, 1.165) is 28.0 Å². The summed E-state index contributed by atoms with van der Waals surface area (Å²) >= 11 is 0. The van der Waals surface area contributed by atoms with Crippen LogP contribution in [0.3, 0.4) is 0 Å². The molecule has 142 valence electrons. The molecule has 1 saturated carbocycles. The summed E-state index contributed by atoms with van der Waals surface area (Å²) in [6.07, 6.45) is 4.03. The predicted octanol–water partition coefficient (Wildman–Crippen LogP) is 4.77. The summed E-state index contributed by atoms with van der Waals surface area (Å²) in [6, 6.07) is 1.94. The maximum Gasteiger partial charge on any atom is 0.248 e. The molecule has 3 heterocycles. The van der Waals surface area contributed by atoms with Crippen LogP contribution in [-0.2, 0) is 6.42 Å². The van der Waals surface area contributed by atoms with Gasteiger partial charge in [0.1, 0.15) is 11.4 Å². The van der Waals surface area contributed by atoms with Crippen LogP contribution in [0.5, 0.6) is 0 Å². The molecule has 3 aromatic rings. The van der Waals surface area contributed by atoms with E-state index in [1.807, 2.05) is 19.9 Å². The number of pyridine rings is 1. The van der Waals surface area contributed by atoms with E-state index < -0.39 is 5.92 Å². The van der Waals surface area contributed by atoms with E-state index in [2.05, 4.69) is 15.1 Å². The Morgan fingerprint density at radius 3 is 2.74 bits per heavy atom. The highest BCUT2D eigenvalue weighted by Gasteiger charge is 2.38. The smallest absolute Gasteiger partial charge is 0.248 e. The van der Waals surface area contributed by atoms with Crippen molar-refractivity contribution >= 4 is 16.8 Å². The van der Waals surface area contributed by atoms with Crippen LogP contribution in [0.25, 0.3) is 11.0 Å². The van der Waals surface area contributed by atoms with Crippen LogP contribution in [-0.4, -0.2) is 26.8 Å². The average molecular weight is 373 g/mol. The fourth-order valence-electron chi connectivity index (χ4n) is 3.83. The van der Waals surface area contributed by atoms with E-state index >= 15 is 0 Å². The first kappa shape index (κ1) is 17.8. The third-order valence-electron chi connectivity index (χ3n) is 5.50. The lowest BCUT2D eigenvalue weighted by Gasteiger charge is -2.27. The third kappa shape index (κ3) is 3.38. The summed E-state index contributed by atoms with van der Waals surface area (Å²) in [5.41, 5.74) is 3.95. The van der Waals surface area contributed by atoms with Crippen LogP contribution in [0.15, 0.2) is 23.0 Å². The molecular formula is C20H21F2N3O2. The zero-order chi connectivity index (χ0) is 19.2. The molecule has 0 spiro atoms. The molecular weight excluding hydrogens is 352 g/mol. The Hall–Kier alpha value is -2.57. The first-order valence-corrected chi connectivity index (χ1v) is 9.14. The lowest BCUT2D eigenvalue weighted by Crippen LogP contribution is -2.28. The topological polar surface area (TPSA) is 71.8 Å². The van der Waals surface area contributed by atoms with Gasteiger partial charge in [0.2, 0.25) is 5.92 Å². The Balaban J connectivity index is 1.61. The van der Waals surface area contributed by atoms with Crippen molar-refractivity contribution in [3.63, 3.8) is 0 Å². The molecule has 0 saturated heterocycles. The minimum absolute atomic E-state index is 0.0759. The van der Waals surface area contributed by atoms with Crippen LogP contribution in [0, 0.1) is 19.8 Å². The minimum Gasteiger partial charge on any atom is -0.361 e. The van der Waals surface area contributed by atoms with Crippen LogP contribution >= 0.6 is 0 Å². The van der Waals surface area contributed by atoms with Crippen molar-refractivity contribution in [1.82, 2.24) is 15.1 Å². The quantitative estimate of drug-likeness (QED) is 0.669. The summed E-state index contributed by atoms with van der Waals surface area (Å²) in [5.74, 6) is -2.30. The normalized spacial score (nSPS) is 17.5. The van der Waals surface area contributed by atoms with E-state index in [9.17, 15) is 13.6 Å². The second-order valence-electron chi connectivity index (χ2n) is 7.42. The summed E-state index contributed by atoms with van der Waals surface area (Å²) in [4.78, 5) is 20.3. The van der Waals surface area contributed by atoms with Gasteiger partial charge < -0.3 is 9.51 Å². The Morgan fingerprint density at radius 2 is 2.07 bits per heavy atom. The van der Waals surface area contributed by atoms with E-state index in [1.54, 1.807) is 12.4 Å². The molecule has 0 aromatic carbocycles. The van der Waals surface area contributed by atoms with Crippen molar-refractivity contribution in [2.45, 2.75) is 51.9 Å². The van der Waals surface area contributed by atoms with Crippen molar-refractivity contribution in [2.24, 2.45) is 5.92 Å². The number of nitrogens with one attached hydrogen (secondary N) is 1. The number of aromatic nitrogens is 3.